The summed E-state index contributed by atoms with van der Waals surface area (Å²) >= 11 is 6.32. The van der Waals surface area contributed by atoms with E-state index in [1.54, 1.807) is 4.68 Å². The van der Waals surface area contributed by atoms with E-state index in [0.717, 1.165) is 43.7 Å². The molecule has 0 aliphatic carbocycles. The minimum absolute atomic E-state index is 0.0786. The van der Waals surface area contributed by atoms with Gasteiger partial charge in [0.2, 0.25) is 5.82 Å². The lowest BCUT2D eigenvalue weighted by Crippen LogP contribution is -2.45. The molecule has 1 amide bonds. The van der Waals surface area contributed by atoms with Gasteiger partial charge >= 0.3 is 0 Å². The largest absolute Gasteiger partial charge is 0.336 e. The third-order valence-corrected chi connectivity index (χ3v) is 5.23. The number of aryl methyl sites for hydroxylation is 1. The average Bonchev–Trinajstić information content (AvgIpc) is 3.05. The molecule has 0 saturated carbocycles. The maximum atomic E-state index is 13.0. The molecule has 140 valence electrons. The Morgan fingerprint density at radius 3 is 2.88 bits per heavy atom. The number of nitrogens with zero attached hydrogens (tertiary/aromatic N) is 4. The Hall–Kier alpha value is -1.92. The van der Waals surface area contributed by atoms with Gasteiger partial charge in [-0.05, 0) is 44.2 Å². The van der Waals surface area contributed by atoms with Crippen molar-refractivity contribution in [2.75, 3.05) is 13.1 Å². The summed E-state index contributed by atoms with van der Waals surface area (Å²) in [6.07, 6.45) is 3.66. The fourth-order valence-corrected chi connectivity index (χ4v) is 3.62. The number of rotatable bonds is 5. The molecule has 2 N–H and O–H groups in total. The number of carbonyl (C=O) groups excluding carboxylic acids is 1. The number of halogens is 1. The lowest BCUT2D eigenvalue weighted by atomic mass is 9.92. The first-order valence-electron chi connectivity index (χ1n) is 9.27. The monoisotopic (exact) mass is 375 g/mol. The highest BCUT2D eigenvalue weighted by molar-refractivity contribution is 6.32. The van der Waals surface area contributed by atoms with E-state index in [1.165, 1.54) is 0 Å². The Bertz CT molecular complexity index is 773. The summed E-state index contributed by atoms with van der Waals surface area (Å²) < 4.78 is 1.70. The highest BCUT2D eigenvalue weighted by Gasteiger charge is 2.29. The van der Waals surface area contributed by atoms with Crippen LogP contribution in [-0.4, -0.2) is 44.7 Å². The van der Waals surface area contributed by atoms with Gasteiger partial charge in [-0.25, -0.2) is 9.67 Å². The van der Waals surface area contributed by atoms with Crippen LogP contribution in [0, 0.1) is 5.92 Å². The zero-order valence-electron chi connectivity index (χ0n) is 15.4. The molecule has 1 aromatic heterocycles. The second-order valence-electron chi connectivity index (χ2n) is 6.98. The van der Waals surface area contributed by atoms with Crippen molar-refractivity contribution in [1.29, 1.82) is 0 Å². The average molecular weight is 376 g/mol. The summed E-state index contributed by atoms with van der Waals surface area (Å²) in [5, 5.41) is 5.09. The smallest absolute Gasteiger partial charge is 0.293 e. The van der Waals surface area contributed by atoms with Gasteiger partial charge in [0.25, 0.3) is 5.91 Å². The number of nitrogens with two attached hydrogens (primary N) is 1. The molecule has 1 saturated heterocycles. The molecular weight excluding hydrogens is 350 g/mol. The van der Waals surface area contributed by atoms with Crippen molar-refractivity contribution in [2.24, 2.45) is 11.7 Å². The number of piperidine rings is 1. The van der Waals surface area contributed by atoms with E-state index in [0.29, 0.717) is 17.5 Å². The van der Waals surface area contributed by atoms with Gasteiger partial charge in [0.05, 0.1) is 10.7 Å². The number of benzene rings is 1. The lowest BCUT2D eigenvalue weighted by molar-refractivity contribution is 0.0648. The van der Waals surface area contributed by atoms with Crippen LogP contribution in [0.15, 0.2) is 24.3 Å². The van der Waals surface area contributed by atoms with Crippen molar-refractivity contribution in [1.82, 2.24) is 19.7 Å². The molecule has 0 spiro atoms. The van der Waals surface area contributed by atoms with Crippen LogP contribution in [0.25, 0.3) is 5.69 Å². The van der Waals surface area contributed by atoms with E-state index in [-0.39, 0.29) is 17.8 Å². The molecule has 26 heavy (non-hydrogen) atoms. The molecule has 0 radical (unpaired) electrons. The summed E-state index contributed by atoms with van der Waals surface area (Å²) in [6.45, 7) is 5.47. The van der Waals surface area contributed by atoms with E-state index < -0.39 is 0 Å². The predicted octanol–water partition coefficient (Wildman–Crippen LogP) is 3.07. The minimum Gasteiger partial charge on any atom is -0.336 e. The first-order chi connectivity index (χ1) is 12.5. The van der Waals surface area contributed by atoms with Crippen LogP contribution < -0.4 is 5.73 Å². The van der Waals surface area contributed by atoms with Crippen molar-refractivity contribution in [3.8, 4) is 5.69 Å². The van der Waals surface area contributed by atoms with Crippen LogP contribution in [-0.2, 0) is 6.42 Å². The summed E-state index contributed by atoms with van der Waals surface area (Å²) in [5.41, 5.74) is 6.79. The Labute approximate surface area is 159 Å². The Kier molecular flexibility index (Phi) is 5.94. The molecule has 1 aliphatic rings. The molecule has 2 aromatic rings. The molecule has 0 bridgehead atoms. The Morgan fingerprint density at radius 1 is 1.42 bits per heavy atom. The molecule has 7 heteroatoms. The topological polar surface area (TPSA) is 77.0 Å². The molecular formula is C19H26ClN5O. The van der Waals surface area contributed by atoms with E-state index in [9.17, 15) is 4.79 Å². The van der Waals surface area contributed by atoms with Gasteiger partial charge in [-0.3, -0.25) is 4.79 Å². The Balaban J connectivity index is 1.90. The minimum atomic E-state index is -0.126. The Morgan fingerprint density at radius 2 is 2.19 bits per heavy atom. The number of likely N-dealkylation sites (tertiary alicyclic amines) is 1. The van der Waals surface area contributed by atoms with Gasteiger partial charge in [0, 0.05) is 25.6 Å². The highest BCUT2D eigenvalue weighted by Crippen LogP contribution is 2.23. The van der Waals surface area contributed by atoms with Gasteiger partial charge in [0.1, 0.15) is 5.82 Å². The summed E-state index contributed by atoms with van der Waals surface area (Å²) in [6, 6.07) is 7.55. The fourth-order valence-electron chi connectivity index (χ4n) is 3.40. The first kappa shape index (κ1) is 18.9. The van der Waals surface area contributed by atoms with Crippen LogP contribution in [0.4, 0.5) is 0 Å². The zero-order chi connectivity index (χ0) is 18.7. The molecule has 2 atom stereocenters. The van der Waals surface area contributed by atoms with Crippen molar-refractivity contribution < 1.29 is 4.79 Å². The van der Waals surface area contributed by atoms with Crippen molar-refractivity contribution in [3.05, 3.63) is 40.9 Å². The van der Waals surface area contributed by atoms with Crippen LogP contribution in [0.2, 0.25) is 5.02 Å². The molecule has 1 aliphatic heterocycles. The third-order valence-electron chi connectivity index (χ3n) is 4.91. The lowest BCUT2D eigenvalue weighted by Gasteiger charge is -2.33. The molecule has 2 heterocycles. The first-order valence-corrected chi connectivity index (χ1v) is 9.64. The second-order valence-corrected chi connectivity index (χ2v) is 7.38. The fraction of sp³-hybridized carbons (Fsp3) is 0.526. The number of amides is 1. The third kappa shape index (κ3) is 3.91. The number of para-hydroxylation sites is 1. The zero-order valence-corrected chi connectivity index (χ0v) is 16.1. The standard InChI is InChI=1S/C19H26ClN5O/c1-3-7-17-22-18(23-25(17)16-10-5-4-9-15(16)20)19(26)24-11-6-8-14(12-24)13(2)21/h4-5,9-10,13-14H,3,6-8,11-12,21H2,1-2H3. The summed E-state index contributed by atoms with van der Waals surface area (Å²) in [5.74, 6) is 1.19. The molecule has 6 nitrogen and oxygen atoms in total. The van der Waals surface area contributed by atoms with Gasteiger partial charge in [0.15, 0.2) is 0 Å². The van der Waals surface area contributed by atoms with E-state index in [4.69, 9.17) is 17.3 Å². The van der Waals surface area contributed by atoms with Crippen molar-refractivity contribution in [2.45, 2.75) is 45.6 Å². The van der Waals surface area contributed by atoms with Crippen LogP contribution in [0.3, 0.4) is 0 Å². The van der Waals surface area contributed by atoms with Crippen molar-refractivity contribution in [3.63, 3.8) is 0 Å². The second kappa shape index (κ2) is 8.18. The van der Waals surface area contributed by atoms with Crippen LogP contribution in [0.1, 0.15) is 49.6 Å². The SMILES string of the molecule is CCCc1nc(C(=O)N2CCCC(C(C)N)C2)nn1-c1ccccc1Cl. The van der Waals surface area contributed by atoms with E-state index >= 15 is 0 Å². The van der Waals surface area contributed by atoms with Crippen molar-refractivity contribution >= 4 is 17.5 Å². The number of hydrogen-bond donors (Lipinski definition) is 1. The summed E-state index contributed by atoms with van der Waals surface area (Å²) in [4.78, 5) is 19.3. The van der Waals surface area contributed by atoms with E-state index in [2.05, 4.69) is 17.0 Å². The molecule has 1 aromatic carbocycles. The number of carbonyl (C=O) groups is 1. The van der Waals surface area contributed by atoms with Gasteiger partial charge in [-0.15, -0.1) is 5.10 Å². The predicted molar refractivity (Wildman–Crippen MR) is 103 cm³/mol. The quantitative estimate of drug-likeness (QED) is 0.871. The number of hydrogen-bond acceptors (Lipinski definition) is 4. The van der Waals surface area contributed by atoms with Crippen LogP contribution >= 0.6 is 11.6 Å². The molecule has 2 unspecified atom stereocenters. The summed E-state index contributed by atoms with van der Waals surface area (Å²) in [7, 11) is 0. The molecule has 3 rings (SSSR count). The van der Waals surface area contributed by atoms with Gasteiger partial charge in [-0.1, -0.05) is 30.7 Å². The van der Waals surface area contributed by atoms with Gasteiger partial charge in [-0.2, -0.15) is 0 Å². The highest BCUT2D eigenvalue weighted by atomic mass is 35.5. The maximum Gasteiger partial charge on any atom is 0.293 e. The molecule has 1 fully saturated rings. The van der Waals surface area contributed by atoms with Crippen LogP contribution in [0.5, 0.6) is 0 Å². The normalized spacial score (nSPS) is 18.8. The van der Waals surface area contributed by atoms with E-state index in [1.807, 2.05) is 36.1 Å². The van der Waals surface area contributed by atoms with Gasteiger partial charge < -0.3 is 10.6 Å². The number of aromatic nitrogens is 3. The maximum absolute atomic E-state index is 13.0.